The third-order valence-corrected chi connectivity index (χ3v) is 4.01. The summed E-state index contributed by atoms with van der Waals surface area (Å²) < 4.78 is 34.8. The van der Waals surface area contributed by atoms with Crippen molar-refractivity contribution in [2.45, 2.75) is 11.8 Å². The van der Waals surface area contributed by atoms with Crippen molar-refractivity contribution in [1.29, 1.82) is 0 Å². The number of rotatable bonds is 1. The van der Waals surface area contributed by atoms with Crippen molar-refractivity contribution in [3.8, 4) is 0 Å². The summed E-state index contributed by atoms with van der Waals surface area (Å²) in [6.07, 6.45) is 0. The molecule has 0 saturated carbocycles. The van der Waals surface area contributed by atoms with Gasteiger partial charge in [0.15, 0.2) is 0 Å². The van der Waals surface area contributed by atoms with Crippen LogP contribution < -0.4 is 0 Å². The van der Waals surface area contributed by atoms with E-state index in [0.717, 1.165) is 0 Å². The topological polar surface area (TPSA) is 34.1 Å². The summed E-state index contributed by atoms with van der Waals surface area (Å²) in [7, 11) is 1.22. The molecule has 6 heteroatoms. The van der Waals surface area contributed by atoms with Crippen molar-refractivity contribution in [3.63, 3.8) is 0 Å². The molecule has 0 saturated heterocycles. The minimum atomic E-state index is -3.90. The highest BCUT2D eigenvalue weighted by atomic mass is 79.9. The molecular weight excluding hydrogens is 282 g/mol. The van der Waals surface area contributed by atoms with E-state index in [1.165, 1.54) is 12.1 Å². The summed E-state index contributed by atoms with van der Waals surface area (Å²) in [5, 5.41) is 0. The molecule has 1 aromatic carbocycles. The zero-order valence-electron chi connectivity index (χ0n) is 6.51. The fourth-order valence-electron chi connectivity index (χ4n) is 0.928. The Hall–Kier alpha value is -0.130. The lowest BCUT2D eigenvalue weighted by atomic mass is 10.2. The Morgan fingerprint density at radius 3 is 2.38 bits per heavy atom. The molecule has 0 spiro atoms. The maximum Gasteiger partial charge on any atom is 0.262 e. The molecular formula is C7H5BrClFO2S. The van der Waals surface area contributed by atoms with Crippen LogP contribution in [-0.2, 0) is 9.05 Å². The first-order chi connectivity index (χ1) is 5.84. The molecule has 0 aromatic heterocycles. The van der Waals surface area contributed by atoms with Crippen LogP contribution in [-0.4, -0.2) is 8.42 Å². The van der Waals surface area contributed by atoms with Gasteiger partial charge in [0.1, 0.15) is 10.7 Å². The SMILES string of the molecule is Cc1ccc(F)c(Br)c1S(=O)(=O)Cl. The normalized spacial score (nSPS) is 11.7. The predicted octanol–water partition coefficient (Wildman–Crippen LogP) is 2.82. The highest BCUT2D eigenvalue weighted by Gasteiger charge is 2.19. The molecule has 0 aliphatic carbocycles. The Kier molecular flexibility index (Phi) is 2.99. The van der Waals surface area contributed by atoms with Crippen molar-refractivity contribution in [1.82, 2.24) is 0 Å². The molecule has 1 rings (SSSR count). The van der Waals surface area contributed by atoms with Gasteiger partial charge in [-0.05, 0) is 34.5 Å². The minimum absolute atomic E-state index is 0.123. The molecule has 0 radical (unpaired) electrons. The van der Waals surface area contributed by atoms with E-state index in [9.17, 15) is 12.8 Å². The quantitative estimate of drug-likeness (QED) is 0.744. The van der Waals surface area contributed by atoms with Gasteiger partial charge in [-0.1, -0.05) is 6.07 Å². The standard InChI is InChI=1S/C7H5BrClFO2S/c1-4-2-3-5(10)6(8)7(4)13(9,11)12/h2-3H,1H3. The van der Waals surface area contributed by atoms with Crippen molar-refractivity contribution < 1.29 is 12.8 Å². The largest absolute Gasteiger partial charge is 0.262 e. The molecule has 72 valence electrons. The second-order valence-corrected chi connectivity index (χ2v) is 5.74. The van der Waals surface area contributed by atoms with Crippen LogP contribution >= 0.6 is 26.6 Å². The van der Waals surface area contributed by atoms with E-state index in [0.29, 0.717) is 5.56 Å². The van der Waals surface area contributed by atoms with Crippen LogP contribution in [0.3, 0.4) is 0 Å². The first kappa shape index (κ1) is 10.9. The highest BCUT2D eigenvalue weighted by molar-refractivity contribution is 9.10. The average Bonchev–Trinajstić information content (AvgIpc) is 1.95. The molecule has 0 N–H and O–H groups in total. The van der Waals surface area contributed by atoms with Crippen molar-refractivity contribution in [2.24, 2.45) is 0 Å². The summed E-state index contributed by atoms with van der Waals surface area (Å²) >= 11 is 2.83. The van der Waals surface area contributed by atoms with Gasteiger partial charge in [-0.25, -0.2) is 12.8 Å². The molecule has 0 atom stereocenters. The lowest BCUT2D eigenvalue weighted by Crippen LogP contribution is -1.97. The second-order valence-electron chi connectivity index (χ2n) is 2.45. The van der Waals surface area contributed by atoms with E-state index in [1.54, 1.807) is 6.92 Å². The molecule has 1 aromatic rings. The zero-order chi connectivity index (χ0) is 10.2. The molecule has 0 heterocycles. The van der Waals surface area contributed by atoms with E-state index in [2.05, 4.69) is 15.9 Å². The average molecular weight is 288 g/mol. The number of benzene rings is 1. The van der Waals surface area contributed by atoms with Crippen molar-refractivity contribution >= 4 is 35.7 Å². The maximum atomic E-state index is 12.9. The van der Waals surface area contributed by atoms with Gasteiger partial charge in [0.25, 0.3) is 9.05 Å². The minimum Gasteiger partial charge on any atom is -0.207 e. The second kappa shape index (κ2) is 3.55. The molecule has 0 aliphatic rings. The van der Waals surface area contributed by atoms with Crippen LogP contribution in [0.15, 0.2) is 21.5 Å². The van der Waals surface area contributed by atoms with Crippen molar-refractivity contribution in [3.05, 3.63) is 28.0 Å². The first-order valence-electron chi connectivity index (χ1n) is 3.23. The van der Waals surface area contributed by atoms with Gasteiger partial charge in [0.2, 0.25) is 0 Å². The fourth-order valence-corrected chi connectivity index (χ4v) is 3.65. The van der Waals surface area contributed by atoms with Crippen LogP contribution in [0, 0.1) is 12.7 Å². The fraction of sp³-hybridized carbons (Fsp3) is 0.143. The van der Waals surface area contributed by atoms with E-state index in [4.69, 9.17) is 10.7 Å². The van der Waals surface area contributed by atoms with Crippen LogP contribution in [0.1, 0.15) is 5.56 Å². The molecule has 13 heavy (non-hydrogen) atoms. The first-order valence-corrected chi connectivity index (χ1v) is 6.33. The van der Waals surface area contributed by atoms with Crippen LogP contribution in [0.4, 0.5) is 4.39 Å². The molecule has 0 fully saturated rings. The van der Waals surface area contributed by atoms with E-state index in [-0.39, 0.29) is 9.37 Å². The third kappa shape index (κ3) is 2.21. The van der Waals surface area contributed by atoms with Crippen LogP contribution in [0.2, 0.25) is 0 Å². The summed E-state index contributed by atoms with van der Waals surface area (Å²) in [6.45, 7) is 1.54. The molecule has 0 amide bonds. The van der Waals surface area contributed by atoms with Gasteiger partial charge in [0, 0.05) is 10.7 Å². The van der Waals surface area contributed by atoms with Gasteiger partial charge in [-0.15, -0.1) is 0 Å². The summed E-state index contributed by atoms with van der Waals surface area (Å²) in [5.41, 5.74) is 0.406. The van der Waals surface area contributed by atoms with Gasteiger partial charge in [0.05, 0.1) is 4.47 Å². The number of hydrogen-bond acceptors (Lipinski definition) is 2. The molecule has 0 bridgehead atoms. The van der Waals surface area contributed by atoms with E-state index in [1.807, 2.05) is 0 Å². The highest BCUT2D eigenvalue weighted by Crippen LogP contribution is 2.30. The summed E-state index contributed by atoms with van der Waals surface area (Å²) in [5.74, 6) is -0.648. The monoisotopic (exact) mass is 286 g/mol. The van der Waals surface area contributed by atoms with E-state index < -0.39 is 14.9 Å². The Labute approximate surface area is 88.3 Å². The number of aryl methyl sites for hydroxylation is 1. The zero-order valence-corrected chi connectivity index (χ0v) is 9.67. The maximum absolute atomic E-state index is 12.9. The number of hydrogen-bond donors (Lipinski definition) is 0. The Bertz CT molecular complexity index is 444. The Morgan fingerprint density at radius 2 is 2.00 bits per heavy atom. The Balaban J connectivity index is 3.62. The lowest BCUT2D eigenvalue weighted by molar-refractivity contribution is 0.597. The van der Waals surface area contributed by atoms with E-state index >= 15 is 0 Å². The van der Waals surface area contributed by atoms with Crippen molar-refractivity contribution in [2.75, 3.05) is 0 Å². The van der Waals surface area contributed by atoms with Gasteiger partial charge in [-0.3, -0.25) is 0 Å². The molecule has 0 aliphatic heterocycles. The lowest BCUT2D eigenvalue weighted by Gasteiger charge is -2.04. The third-order valence-electron chi connectivity index (χ3n) is 1.49. The van der Waals surface area contributed by atoms with Gasteiger partial charge >= 0.3 is 0 Å². The summed E-state index contributed by atoms with van der Waals surface area (Å²) in [4.78, 5) is -0.214. The Morgan fingerprint density at radius 1 is 1.46 bits per heavy atom. The predicted molar refractivity (Wildman–Crippen MR) is 51.9 cm³/mol. The number of halogens is 3. The van der Waals surface area contributed by atoms with Crippen LogP contribution in [0.5, 0.6) is 0 Å². The smallest absolute Gasteiger partial charge is 0.207 e. The van der Waals surface area contributed by atoms with Gasteiger partial charge < -0.3 is 0 Å². The van der Waals surface area contributed by atoms with Crippen LogP contribution in [0.25, 0.3) is 0 Å². The summed E-state index contributed by atoms with van der Waals surface area (Å²) in [6, 6.07) is 2.53. The molecule has 0 unspecified atom stereocenters. The van der Waals surface area contributed by atoms with Gasteiger partial charge in [-0.2, -0.15) is 0 Å². The molecule has 2 nitrogen and oxygen atoms in total.